The Kier molecular flexibility index (Phi) is 7.08. The van der Waals surface area contributed by atoms with Crippen LogP contribution in [-0.2, 0) is 14.8 Å². The Morgan fingerprint density at radius 1 is 1.27 bits per heavy atom. The molecule has 174 valence electrons. The molecule has 3 aromatic rings. The zero-order valence-electron chi connectivity index (χ0n) is 17.9. The van der Waals surface area contributed by atoms with Crippen molar-refractivity contribution in [3.8, 4) is 5.69 Å². The first-order chi connectivity index (χ1) is 15.8. The third-order valence-electron chi connectivity index (χ3n) is 5.43. The molecule has 0 saturated carbocycles. The lowest BCUT2D eigenvalue weighted by atomic mass is 10.1. The van der Waals surface area contributed by atoms with Crippen molar-refractivity contribution in [2.75, 3.05) is 13.2 Å². The molecule has 0 bridgehead atoms. The van der Waals surface area contributed by atoms with Crippen LogP contribution in [0.15, 0.2) is 60.0 Å². The summed E-state index contributed by atoms with van der Waals surface area (Å²) in [6.45, 7) is 2.64. The number of nitrogens with one attached hydrogen (secondary N) is 2. The number of hydrogen-bond acceptors (Lipinski definition) is 6. The van der Waals surface area contributed by atoms with E-state index < -0.39 is 15.9 Å². The van der Waals surface area contributed by atoms with E-state index in [1.54, 1.807) is 11.0 Å². The number of aromatic nitrogens is 3. The molecule has 2 N–H and O–H groups in total. The van der Waals surface area contributed by atoms with Gasteiger partial charge in [-0.15, -0.1) is 0 Å². The van der Waals surface area contributed by atoms with Crippen molar-refractivity contribution in [2.24, 2.45) is 0 Å². The molecule has 1 aliphatic rings. The predicted octanol–water partition coefficient (Wildman–Crippen LogP) is 2.87. The largest absolute Gasteiger partial charge is 0.377 e. The maximum absolute atomic E-state index is 12.8. The Labute approximate surface area is 197 Å². The minimum Gasteiger partial charge on any atom is -0.377 e. The van der Waals surface area contributed by atoms with E-state index in [-0.39, 0.29) is 34.2 Å². The monoisotopic (exact) mass is 489 g/mol. The van der Waals surface area contributed by atoms with Crippen LogP contribution in [0.5, 0.6) is 0 Å². The van der Waals surface area contributed by atoms with Crippen molar-refractivity contribution in [1.82, 2.24) is 24.8 Å². The molecule has 0 spiro atoms. The number of carbonyl (C=O) groups excluding carboxylic acids is 1. The normalized spacial score (nSPS) is 17.1. The van der Waals surface area contributed by atoms with Gasteiger partial charge >= 0.3 is 0 Å². The van der Waals surface area contributed by atoms with Crippen LogP contribution in [0, 0.1) is 0 Å². The van der Waals surface area contributed by atoms with E-state index in [9.17, 15) is 13.2 Å². The fourth-order valence-corrected chi connectivity index (χ4v) is 5.15. The number of ether oxygens (including phenoxy) is 1. The number of hydrogen-bond donors (Lipinski definition) is 2. The Morgan fingerprint density at radius 3 is 2.73 bits per heavy atom. The van der Waals surface area contributed by atoms with Gasteiger partial charge in [-0.05, 0) is 55.7 Å². The summed E-state index contributed by atoms with van der Waals surface area (Å²) in [6, 6.07) is 11.4. The van der Waals surface area contributed by atoms with Gasteiger partial charge in [0, 0.05) is 18.7 Å². The van der Waals surface area contributed by atoms with Crippen molar-refractivity contribution in [3.63, 3.8) is 0 Å². The summed E-state index contributed by atoms with van der Waals surface area (Å²) in [5.74, 6) is -0.407. The fraction of sp³-hybridized carbons (Fsp3) is 0.318. The lowest BCUT2D eigenvalue weighted by Crippen LogP contribution is -2.32. The molecule has 0 unspecified atom stereocenters. The molecule has 0 aliphatic carbocycles. The highest BCUT2D eigenvalue weighted by molar-refractivity contribution is 7.89. The quantitative estimate of drug-likeness (QED) is 0.502. The summed E-state index contributed by atoms with van der Waals surface area (Å²) in [6.07, 6.45) is 4.61. The van der Waals surface area contributed by atoms with Crippen LogP contribution in [0.1, 0.15) is 41.7 Å². The number of carbonyl (C=O) groups is 1. The van der Waals surface area contributed by atoms with Gasteiger partial charge in [-0.3, -0.25) is 4.79 Å². The van der Waals surface area contributed by atoms with E-state index >= 15 is 0 Å². The van der Waals surface area contributed by atoms with Gasteiger partial charge in [0.25, 0.3) is 5.91 Å². The fourth-order valence-electron chi connectivity index (χ4n) is 3.56. The first kappa shape index (κ1) is 23.4. The van der Waals surface area contributed by atoms with Crippen molar-refractivity contribution < 1.29 is 17.9 Å². The Balaban J connectivity index is 1.44. The predicted molar refractivity (Wildman–Crippen MR) is 123 cm³/mol. The highest BCUT2D eigenvalue weighted by Crippen LogP contribution is 2.24. The van der Waals surface area contributed by atoms with Gasteiger partial charge in [-0.1, -0.05) is 23.7 Å². The van der Waals surface area contributed by atoms with Crippen molar-refractivity contribution in [1.29, 1.82) is 0 Å². The van der Waals surface area contributed by atoms with Crippen LogP contribution in [0.25, 0.3) is 5.69 Å². The van der Waals surface area contributed by atoms with Gasteiger partial charge in [-0.25, -0.2) is 22.8 Å². The van der Waals surface area contributed by atoms with Crippen LogP contribution < -0.4 is 10.0 Å². The van der Waals surface area contributed by atoms with Crippen molar-refractivity contribution in [3.05, 3.63) is 71.3 Å². The molecule has 1 saturated heterocycles. The molecule has 1 amide bonds. The molecule has 4 rings (SSSR count). The van der Waals surface area contributed by atoms with Gasteiger partial charge in [0.05, 0.1) is 22.9 Å². The highest BCUT2D eigenvalue weighted by atomic mass is 35.5. The second-order valence-corrected chi connectivity index (χ2v) is 9.90. The summed E-state index contributed by atoms with van der Waals surface area (Å²) >= 11 is 6.15. The van der Waals surface area contributed by atoms with Gasteiger partial charge in [0.15, 0.2) is 0 Å². The number of amides is 1. The Morgan fingerprint density at radius 2 is 2.06 bits per heavy atom. The zero-order valence-corrected chi connectivity index (χ0v) is 19.5. The van der Waals surface area contributed by atoms with Crippen molar-refractivity contribution in [2.45, 2.75) is 36.8 Å². The average molecular weight is 490 g/mol. The molecule has 1 fully saturated rings. The molecule has 11 heteroatoms. The molecule has 9 nitrogen and oxygen atoms in total. The third-order valence-corrected chi connectivity index (χ3v) is 7.34. The van der Waals surface area contributed by atoms with Gasteiger partial charge in [0.1, 0.15) is 17.6 Å². The van der Waals surface area contributed by atoms with Crippen LogP contribution in [0.2, 0.25) is 5.02 Å². The molecular weight excluding hydrogens is 466 g/mol. The van der Waals surface area contributed by atoms with Crippen LogP contribution in [-0.4, -0.2) is 48.3 Å². The Hall–Kier alpha value is -2.79. The molecule has 1 aromatic heterocycles. The number of halogens is 1. The van der Waals surface area contributed by atoms with Crippen LogP contribution in [0.3, 0.4) is 0 Å². The first-order valence-electron chi connectivity index (χ1n) is 10.5. The SMILES string of the molecule is C[C@H](NC(=O)c1ccc(Cl)c(S(=O)(=O)NC[C@@H]2CCCO2)c1)c1ccc(-n2cncn2)cc1. The average Bonchev–Trinajstić information content (AvgIpc) is 3.52. The van der Waals surface area contributed by atoms with E-state index in [2.05, 4.69) is 20.1 Å². The third kappa shape index (κ3) is 5.59. The number of sulfonamides is 1. The zero-order chi connectivity index (χ0) is 23.4. The van der Waals surface area contributed by atoms with Gasteiger partial charge in [0.2, 0.25) is 10.0 Å². The van der Waals surface area contributed by atoms with Gasteiger partial charge in [-0.2, -0.15) is 5.10 Å². The summed E-state index contributed by atoms with van der Waals surface area (Å²) in [5, 5.41) is 7.02. The number of benzene rings is 2. The summed E-state index contributed by atoms with van der Waals surface area (Å²) in [4.78, 5) is 16.6. The smallest absolute Gasteiger partial charge is 0.251 e. The molecule has 2 aromatic carbocycles. The standard InChI is InChI=1S/C22H24ClN5O4S/c1-15(16-4-7-18(8-5-16)28-14-24-13-25-28)27-22(29)17-6-9-20(23)21(11-17)33(30,31)26-12-19-3-2-10-32-19/h4-9,11,13-15,19,26H,2-3,10,12H2,1H3,(H,27,29)/t15-,19-/m0/s1. The second-order valence-electron chi connectivity index (χ2n) is 7.76. The molecule has 2 atom stereocenters. The maximum Gasteiger partial charge on any atom is 0.251 e. The van der Waals surface area contributed by atoms with E-state index in [0.717, 1.165) is 24.1 Å². The van der Waals surface area contributed by atoms with Gasteiger partial charge < -0.3 is 10.1 Å². The molecule has 33 heavy (non-hydrogen) atoms. The molecule has 2 heterocycles. The summed E-state index contributed by atoms with van der Waals surface area (Å²) in [7, 11) is -3.90. The van der Waals surface area contributed by atoms with Crippen LogP contribution >= 0.6 is 11.6 Å². The lowest BCUT2D eigenvalue weighted by molar-refractivity contribution is 0.0939. The number of rotatable bonds is 8. The summed E-state index contributed by atoms with van der Waals surface area (Å²) in [5.41, 5.74) is 1.92. The van der Waals surface area contributed by atoms with E-state index in [0.29, 0.717) is 6.61 Å². The maximum atomic E-state index is 12.8. The molecule has 0 radical (unpaired) electrons. The Bertz CT molecular complexity index is 1210. The molecule has 1 aliphatic heterocycles. The topological polar surface area (TPSA) is 115 Å². The summed E-state index contributed by atoms with van der Waals surface area (Å²) < 4.78 is 35.1. The lowest BCUT2D eigenvalue weighted by Gasteiger charge is -2.16. The number of nitrogens with zero attached hydrogens (tertiary/aromatic N) is 3. The highest BCUT2D eigenvalue weighted by Gasteiger charge is 2.24. The van der Waals surface area contributed by atoms with E-state index in [1.807, 2.05) is 31.2 Å². The minimum absolute atomic E-state index is 0.0446. The van der Waals surface area contributed by atoms with E-state index in [1.165, 1.54) is 24.5 Å². The molecular formula is C22H24ClN5O4S. The van der Waals surface area contributed by atoms with E-state index in [4.69, 9.17) is 16.3 Å². The van der Waals surface area contributed by atoms with Crippen LogP contribution in [0.4, 0.5) is 0 Å². The first-order valence-corrected chi connectivity index (χ1v) is 12.4. The minimum atomic E-state index is -3.90. The second kappa shape index (κ2) is 10.0. The van der Waals surface area contributed by atoms with Crippen molar-refractivity contribution >= 4 is 27.5 Å².